The molecule has 0 bridgehead atoms. The van der Waals surface area contributed by atoms with Crippen LogP contribution in [0, 0.1) is 0 Å². The van der Waals surface area contributed by atoms with Crippen LogP contribution in [0.1, 0.15) is 239 Å². The molecule has 0 heterocycles. The van der Waals surface area contributed by atoms with E-state index < -0.39 is 6.10 Å². The van der Waals surface area contributed by atoms with E-state index in [0.29, 0.717) is 19.3 Å². The molecule has 0 aliphatic carbocycles. The SMILES string of the molecule is CC/C=C/C=C/C=C/CCCCCCCC(=O)OCC(COC(=O)CCCCCCC/C=C/CCCCCCCCCCC)OC(=O)CCCCCC/C=C/C/C=C/C/C=C/CC. The van der Waals surface area contributed by atoms with Crippen molar-refractivity contribution in [2.24, 2.45) is 0 Å². The summed E-state index contributed by atoms with van der Waals surface area (Å²) in [5, 5.41) is 0. The Morgan fingerprint density at radius 1 is 0.349 bits per heavy atom. The minimum absolute atomic E-state index is 0.0973. The van der Waals surface area contributed by atoms with Crippen LogP contribution in [0.4, 0.5) is 0 Å². The Morgan fingerprint density at radius 2 is 0.698 bits per heavy atom. The zero-order valence-electron chi connectivity index (χ0n) is 41.1. The standard InChI is InChI=1S/C57H96O6/c1-4-7-10-13-16-19-22-25-27-28-29-30-33-35-38-41-44-47-50-56(59)62-53-54(52-61-55(58)49-46-43-40-37-34-31-24-21-18-15-12-9-6-3)63-57(60)51-48-45-42-39-36-32-26-23-20-17-14-11-8-5-2/h8-9,11-12,15,17-18,20-21,24,26,29-30,32,54H,4-7,10,13-14,16,19,22-23,25,27-28,31,33-53H2,1-3H3/b11-8+,12-9+,18-15+,20-17+,24-21+,30-29+,32-26+. The minimum atomic E-state index is -0.800. The highest BCUT2D eigenvalue weighted by atomic mass is 16.6. The van der Waals surface area contributed by atoms with Crippen LogP contribution in [0.3, 0.4) is 0 Å². The molecule has 0 aromatic rings. The van der Waals surface area contributed by atoms with E-state index >= 15 is 0 Å². The van der Waals surface area contributed by atoms with Crippen molar-refractivity contribution < 1.29 is 28.6 Å². The molecule has 0 N–H and O–H groups in total. The Hall–Kier alpha value is -3.41. The lowest BCUT2D eigenvalue weighted by molar-refractivity contribution is -0.167. The number of rotatable bonds is 46. The highest BCUT2D eigenvalue weighted by Gasteiger charge is 2.19. The van der Waals surface area contributed by atoms with Gasteiger partial charge < -0.3 is 14.2 Å². The van der Waals surface area contributed by atoms with Crippen molar-refractivity contribution >= 4 is 17.9 Å². The van der Waals surface area contributed by atoms with Crippen LogP contribution in [0.2, 0.25) is 0 Å². The van der Waals surface area contributed by atoms with Gasteiger partial charge in [-0.15, -0.1) is 0 Å². The van der Waals surface area contributed by atoms with Gasteiger partial charge in [0.05, 0.1) is 0 Å². The van der Waals surface area contributed by atoms with Gasteiger partial charge in [0.15, 0.2) is 6.10 Å². The van der Waals surface area contributed by atoms with Crippen molar-refractivity contribution in [3.05, 3.63) is 85.1 Å². The summed E-state index contributed by atoms with van der Waals surface area (Å²) in [5.41, 5.74) is 0. The number of esters is 3. The third-order valence-electron chi connectivity index (χ3n) is 10.9. The molecule has 0 rings (SSSR count). The van der Waals surface area contributed by atoms with Gasteiger partial charge in [-0.3, -0.25) is 14.4 Å². The van der Waals surface area contributed by atoms with E-state index in [1.807, 2.05) is 0 Å². The Labute approximate surface area is 388 Å². The molecule has 0 amide bonds. The summed E-state index contributed by atoms with van der Waals surface area (Å²) in [4.78, 5) is 38.0. The minimum Gasteiger partial charge on any atom is -0.462 e. The lowest BCUT2D eigenvalue weighted by atomic mass is 10.1. The fourth-order valence-electron chi connectivity index (χ4n) is 7.04. The third-order valence-corrected chi connectivity index (χ3v) is 10.9. The van der Waals surface area contributed by atoms with Crippen LogP contribution in [0.15, 0.2) is 85.1 Å². The van der Waals surface area contributed by atoms with Gasteiger partial charge in [0.1, 0.15) is 13.2 Å². The topological polar surface area (TPSA) is 78.9 Å². The summed E-state index contributed by atoms with van der Waals surface area (Å²) >= 11 is 0. The summed E-state index contributed by atoms with van der Waals surface area (Å²) in [6, 6.07) is 0. The van der Waals surface area contributed by atoms with Crippen molar-refractivity contribution in [3.63, 3.8) is 0 Å². The van der Waals surface area contributed by atoms with E-state index in [1.54, 1.807) is 0 Å². The van der Waals surface area contributed by atoms with Gasteiger partial charge in [0.2, 0.25) is 0 Å². The van der Waals surface area contributed by atoms with Crippen LogP contribution in [-0.4, -0.2) is 37.2 Å². The Bertz CT molecular complexity index is 1240. The van der Waals surface area contributed by atoms with Gasteiger partial charge in [0.25, 0.3) is 0 Å². The summed E-state index contributed by atoms with van der Waals surface area (Å²) in [6.45, 7) is 6.35. The molecular formula is C57H96O6. The zero-order chi connectivity index (χ0) is 45.8. The van der Waals surface area contributed by atoms with E-state index in [0.717, 1.165) is 122 Å². The maximum Gasteiger partial charge on any atom is 0.306 e. The normalized spacial score (nSPS) is 12.7. The monoisotopic (exact) mass is 877 g/mol. The molecule has 0 aliphatic heterocycles. The second-order valence-electron chi connectivity index (χ2n) is 17.1. The van der Waals surface area contributed by atoms with Crippen LogP contribution in [0.25, 0.3) is 0 Å². The molecule has 0 saturated carbocycles. The van der Waals surface area contributed by atoms with Gasteiger partial charge in [-0.25, -0.2) is 0 Å². The summed E-state index contributed by atoms with van der Waals surface area (Å²) in [5.74, 6) is -0.949. The first-order chi connectivity index (χ1) is 31.0. The average Bonchev–Trinajstić information content (AvgIpc) is 3.28. The predicted octanol–water partition coefficient (Wildman–Crippen LogP) is 17.2. The molecule has 0 aromatic carbocycles. The predicted molar refractivity (Wildman–Crippen MR) is 270 cm³/mol. The summed E-state index contributed by atoms with van der Waals surface area (Å²) in [6.07, 6.45) is 65.7. The van der Waals surface area contributed by atoms with Crippen molar-refractivity contribution in [1.29, 1.82) is 0 Å². The molecule has 0 radical (unpaired) electrons. The Morgan fingerprint density at radius 3 is 1.16 bits per heavy atom. The fraction of sp³-hybridized carbons (Fsp3) is 0.702. The molecule has 0 spiro atoms. The van der Waals surface area contributed by atoms with Gasteiger partial charge in [-0.1, -0.05) is 209 Å². The Balaban J connectivity index is 4.43. The molecular weight excluding hydrogens is 781 g/mol. The number of unbranched alkanes of at least 4 members (excludes halogenated alkanes) is 23. The van der Waals surface area contributed by atoms with Crippen molar-refractivity contribution in [1.82, 2.24) is 0 Å². The second-order valence-corrected chi connectivity index (χ2v) is 17.1. The highest BCUT2D eigenvalue weighted by Crippen LogP contribution is 2.14. The molecule has 1 atom stereocenters. The van der Waals surface area contributed by atoms with Gasteiger partial charge in [-0.2, -0.15) is 0 Å². The number of carbonyl (C=O) groups is 3. The van der Waals surface area contributed by atoms with Gasteiger partial charge >= 0.3 is 17.9 Å². The Kier molecular flexibility index (Phi) is 48.5. The lowest BCUT2D eigenvalue weighted by Crippen LogP contribution is -2.30. The summed E-state index contributed by atoms with van der Waals surface area (Å²) < 4.78 is 16.8. The zero-order valence-corrected chi connectivity index (χ0v) is 41.1. The highest BCUT2D eigenvalue weighted by molar-refractivity contribution is 5.71. The first kappa shape index (κ1) is 59.6. The smallest absolute Gasteiger partial charge is 0.306 e. The molecule has 6 nitrogen and oxygen atoms in total. The third kappa shape index (κ3) is 49.5. The largest absolute Gasteiger partial charge is 0.462 e. The van der Waals surface area contributed by atoms with Crippen LogP contribution >= 0.6 is 0 Å². The molecule has 360 valence electrons. The van der Waals surface area contributed by atoms with Crippen molar-refractivity contribution in [2.45, 2.75) is 245 Å². The van der Waals surface area contributed by atoms with E-state index in [1.165, 1.54) is 77.0 Å². The quantitative estimate of drug-likeness (QED) is 0.0199. The molecule has 0 saturated heterocycles. The fourth-order valence-corrected chi connectivity index (χ4v) is 7.04. The molecule has 0 aromatic heterocycles. The molecule has 63 heavy (non-hydrogen) atoms. The van der Waals surface area contributed by atoms with E-state index in [9.17, 15) is 14.4 Å². The molecule has 1 unspecified atom stereocenters. The number of carbonyl (C=O) groups excluding carboxylic acids is 3. The van der Waals surface area contributed by atoms with Crippen LogP contribution in [0.5, 0.6) is 0 Å². The number of hydrogen-bond acceptors (Lipinski definition) is 6. The van der Waals surface area contributed by atoms with Gasteiger partial charge in [-0.05, 0) is 96.3 Å². The van der Waals surface area contributed by atoms with E-state index in [4.69, 9.17) is 14.2 Å². The molecule has 6 heteroatoms. The lowest BCUT2D eigenvalue weighted by Gasteiger charge is -2.18. The van der Waals surface area contributed by atoms with Crippen LogP contribution in [-0.2, 0) is 28.6 Å². The first-order valence-corrected chi connectivity index (χ1v) is 26.1. The van der Waals surface area contributed by atoms with Crippen molar-refractivity contribution in [3.8, 4) is 0 Å². The number of allylic oxidation sites excluding steroid dienone is 14. The van der Waals surface area contributed by atoms with E-state index in [2.05, 4.69) is 106 Å². The first-order valence-electron chi connectivity index (χ1n) is 26.1. The molecule has 0 fully saturated rings. The van der Waals surface area contributed by atoms with Crippen molar-refractivity contribution in [2.75, 3.05) is 13.2 Å². The maximum atomic E-state index is 12.8. The maximum absolute atomic E-state index is 12.8. The number of hydrogen-bond donors (Lipinski definition) is 0. The number of ether oxygens (including phenoxy) is 3. The average molecular weight is 877 g/mol. The van der Waals surface area contributed by atoms with Gasteiger partial charge in [0, 0.05) is 19.3 Å². The summed E-state index contributed by atoms with van der Waals surface area (Å²) in [7, 11) is 0. The van der Waals surface area contributed by atoms with Crippen LogP contribution < -0.4 is 0 Å². The molecule has 0 aliphatic rings. The van der Waals surface area contributed by atoms with E-state index in [-0.39, 0.29) is 31.1 Å². The second kappa shape index (κ2) is 51.2.